The van der Waals surface area contributed by atoms with Gasteiger partial charge >= 0.3 is 0 Å². The highest BCUT2D eigenvalue weighted by Gasteiger charge is 1.91. The van der Waals surface area contributed by atoms with Crippen LogP contribution < -0.4 is 11.3 Å². The standard InChI is InChI=1S/C5H5IN2O/c6-4-1-3(7)2-8-5(4)9/h1-2H,7H2,(H,8,9). The van der Waals surface area contributed by atoms with Crippen LogP contribution in [0.15, 0.2) is 17.1 Å². The van der Waals surface area contributed by atoms with Crippen LogP contribution in [-0.2, 0) is 0 Å². The topological polar surface area (TPSA) is 58.9 Å². The molecule has 1 heterocycles. The third kappa shape index (κ3) is 1.44. The van der Waals surface area contributed by atoms with Gasteiger partial charge in [-0.15, -0.1) is 0 Å². The predicted octanol–water partition coefficient (Wildman–Crippen LogP) is 0.562. The van der Waals surface area contributed by atoms with Crippen molar-refractivity contribution >= 4 is 28.3 Å². The van der Waals surface area contributed by atoms with Crippen LogP contribution in [-0.4, -0.2) is 4.98 Å². The maximum atomic E-state index is 10.7. The van der Waals surface area contributed by atoms with Gasteiger partial charge in [-0.25, -0.2) is 0 Å². The molecule has 0 unspecified atom stereocenters. The quantitative estimate of drug-likeness (QED) is 0.646. The van der Waals surface area contributed by atoms with Crippen molar-refractivity contribution in [2.24, 2.45) is 0 Å². The summed E-state index contributed by atoms with van der Waals surface area (Å²) in [6.07, 6.45) is 1.48. The van der Waals surface area contributed by atoms with Crippen LogP contribution in [0.4, 0.5) is 5.69 Å². The third-order valence-corrected chi connectivity index (χ3v) is 1.68. The Morgan fingerprint density at radius 3 is 2.78 bits per heavy atom. The average Bonchev–Trinajstić information content (AvgIpc) is 1.80. The summed E-state index contributed by atoms with van der Waals surface area (Å²) in [6.45, 7) is 0. The van der Waals surface area contributed by atoms with Crippen molar-refractivity contribution in [2.45, 2.75) is 0 Å². The Hall–Kier alpha value is -0.520. The monoisotopic (exact) mass is 236 g/mol. The molecule has 0 amide bonds. The van der Waals surface area contributed by atoms with E-state index in [9.17, 15) is 4.79 Å². The normalized spacial score (nSPS) is 9.44. The predicted molar refractivity (Wildman–Crippen MR) is 44.2 cm³/mol. The van der Waals surface area contributed by atoms with E-state index in [1.807, 2.05) is 22.6 Å². The van der Waals surface area contributed by atoms with Gasteiger partial charge in [-0.2, -0.15) is 0 Å². The van der Waals surface area contributed by atoms with E-state index in [0.717, 1.165) is 0 Å². The fraction of sp³-hybridized carbons (Fsp3) is 0. The van der Waals surface area contributed by atoms with E-state index in [-0.39, 0.29) is 5.56 Å². The number of aromatic amines is 1. The molecule has 0 spiro atoms. The highest BCUT2D eigenvalue weighted by atomic mass is 127. The molecule has 1 rings (SSSR count). The number of pyridine rings is 1. The molecule has 0 aliphatic heterocycles. The molecule has 0 aliphatic carbocycles. The first kappa shape index (κ1) is 6.60. The largest absolute Gasteiger partial charge is 0.398 e. The molecule has 1 aromatic rings. The lowest BCUT2D eigenvalue weighted by Crippen LogP contribution is -2.08. The summed E-state index contributed by atoms with van der Waals surface area (Å²) in [6, 6.07) is 1.62. The number of nitrogens with two attached hydrogens (primary N) is 1. The SMILES string of the molecule is Nc1c[nH]c(=O)c(I)c1. The molecule has 0 saturated carbocycles. The summed E-state index contributed by atoms with van der Waals surface area (Å²) in [5.74, 6) is 0. The van der Waals surface area contributed by atoms with Gasteiger partial charge in [0.2, 0.25) is 0 Å². The van der Waals surface area contributed by atoms with Crippen LogP contribution >= 0.6 is 22.6 Å². The Balaban J connectivity index is 3.34. The van der Waals surface area contributed by atoms with Crippen LogP contribution in [0.3, 0.4) is 0 Å². The number of nitrogens with one attached hydrogen (secondary N) is 1. The van der Waals surface area contributed by atoms with Crippen molar-refractivity contribution in [1.29, 1.82) is 0 Å². The van der Waals surface area contributed by atoms with Crippen LogP contribution in [0.1, 0.15) is 0 Å². The van der Waals surface area contributed by atoms with Gasteiger partial charge in [0, 0.05) is 11.9 Å². The zero-order valence-electron chi connectivity index (χ0n) is 4.52. The molecule has 48 valence electrons. The van der Waals surface area contributed by atoms with Crippen LogP contribution in [0.5, 0.6) is 0 Å². The van der Waals surface area contributed by atoms with Gasteiger partial charge in [0.05, 0.1) is 3.57 Å². The third-order valence-electron chi connectivity index (χ3n) is 0.880. The molecule has 4 heteroatoms. The maximum Gasteiger partial charge on any atom is 0.261 e. The molecule has 0 aliphatic rings. The number of hydrogen-bond acceptors (Lipinski definition) is 2. The lowest BCUT2D eigenvalue weighted by molar-refractivity contribution is 1.22. The van der Waals surface area contributed by atoms with Crippen molar-refractivity contribution in [1.82, 2.24) is 4.98 Å². The fourth-order valence-electron chi connectivity index (χ4n) is 0.471. The van der Waals surface area contributed by atoms with E-state index in [1.165, 1.54) is 6.20 Å². The van der Waals surface area contributed by atoms with Gasteiger partial charge in [0.15, 0.2) is 0 Å². The van der Waals surface area contributed by atoms with Gasteiger partial charge in [-0.3, -0.25) is 4.79 Å². The highest BCUT2D eigenvalue weighted by Crippen LogP contribution is 2.00. The lowest BCUT2D eigenvalue weighted by atomic mass is 10.4. The zero-order chi connectivity index (χ0) is 6.85. The molecule has 0 saturated heterocycles. The number of halogens is 1. The second kappa shape index (κ2) is 2.38. The van der Waals surface area contributed by atoms with E-state index >= 15 is 0 Å². The summed E-state index contributed by atoms with van der Waals surface area (Å²) in [5.41, 5.74) is 5.84. The number of aromatic nitrogens is 1. The minimum absolute atomic E-state index is 0.0928. The highest BCUT2D eigenvalue weighted by molar-refractivity contribution is 14.1. The van der Waals surface area contributed by atoms with Gasteiger partial charge in [-0.05, 0) is 28.7 Å². The molecule has 0 atom stereocenters. The van der Waals surface area contributed by atoms with Crippen molar-refractivity contribution in [3.05, 3.63) is 26.2 Å². The van der Waals surface area contributed by atoms with Gasteiger partial charge in [0.25, 0.3) is 5.56 Å². The average molecular weight is 236 g/mol. The van der Waals surface area contributed by atoms with Crippen LogP contribution in [0, 0.1) is 3.57 Å². The smallest absolute Gasteiger partial charge is 0.261 e. The number of hydrogen-bond donors (Lipinski definition) is 2. The van der Waals surface area contributed by atoms with Crippen LogP contribution in [0.2, 0.25) is 0 Å². The maximum absolute atomic E-state index is 10.7. The van der Waals surface area contributed by atoms with Gasteiger partial charge in [0.1, 0.15) is 0 Å². The minimum atomic E-state index is -0.0928. The molecule has 3 nitrogen and oxygen atoms in total. The van der Waals surface area contributed by atoms with Crippen molar-refractivity contribution in [3.8, 4) is 0 Å². The Morgan fingerprint density at radius 1 is 1.67 bits per heavy atom. The van der Waals surface area contributed by atoms with Crippen molar-refractivity contribution < 1.29 is 0 Å². The van der Waals surface area contributed by atoms with Gasteiger partial charge < -0.3 is 10.7 Å². The summed E-state index contributed by atoms with van der Waals surface area (Å²) in [5, 5.41) is 0. The fourth-order valence-corrected chi connectivity index (χ4v) is 0.987. The number of H-pyrrole nitrogens is 1. The van der Waals surface area contributed by atoms with Crippen molar-refractivity contribution in [2.75, 3.05) is 5.73 Å². The first-order chi connectivity index (χ1) is 4.20. The molecule has 0 bridgehead atoms. The first-order valence-corrected chi connectivity index (χ1v) is 3.42. The Labute approximate surface area is 65.4 Å². The molecular formula is C5H5IN2O. The summed E-state index contributed by atoms with van der Waals surface area (Å²) in [4.78, 5) is 13.1. The Morgan fingerprint density at radius 2 is 2.33 bits per heavy atom. The van der Waals surface area contributed by atoms with E-state index < -0.39 is 0 Å². The van der Waals surface area contributed by atoms with E-state index in [0.29, 0.717) is 9.26 Å². The first-order valence-electron chi connectivity index (χ1n) is 2.34. The summed E-state index contributed by atoms with van der Waals surface area (Å²) in [7, 11) is 0. The molecule has 9 heavy (non-hydrogen) atoms. The van der Waals surface area contributed by atoms with E-state index in [4.69, 9.17) is 5.73 Å². The minimum Gasteiger partial charge on any atom is -0.398 e. The molecule has 3 N–H and O–H groups in total. The van der Waals surface area contributed by atoms with Crippen LogP contribution in [0.25, 0.3) is 0 Å². The lowest BCUT2D eigenvalue weighted by Gasteiger charge is -1.89. The molecule has 0 aromatic carbocycles. The van der Waals surface area contributed by atoms with Crippen molar-refractivity contribution in [3.63, 3.8) is 0 Å². The second-order valence-electron chi connectivity index (χ2n) is 1.61. The summed E-state index contributed by atoms with van der Waals surface area (Å²) < 4.78 is 0.618. The molecule has 0 radical (unpaired) electrons. The Kier molecular flexibility index (Phi) is 1.75. The second-order valence-corrected chi connectivity index (χ2v) is 2.77. The number of rotatable bonds is 0. The number of anilines is 1. The van der Waals surface area contributed by atoms with Gasteiger partial charge in [-0.1, -0.05) is 0 Å². The molecule has 1 aromatic heterocycles. The molecule has 0 fully saturated rings. The summed E-state index contributed by atoms with van der Waals surface area (Å²) >= 11 is 1.93. The Bertz CT molecular complexity index is 268. The van der Waals surface area contributed by atoms with E-state index in [1.54, 1.807) is 6.07 Å². The number of nitrogen functional groups attached to an aromatic ring is 1. The zero-order valence-corrected chi connectivity index (χ0v) is 6.68. The van der Waals surface area contributed by atoms with E-state index in [2.05, 4.69) is 4.98 Å². The molecular weight excluding hydrogens is 231 g/mol.